The second-order valence-electron chi connectivity index (χ2n) is 4.85. The Bertz CT molecular complexity index is 576. The predicted octanol–water partition coefficient (Wildman–Crippen LogP) is 2.20. The summed E-state index contributed by atoms with van der Waals surface area (Å²) in [5.74, 6) is 7.51. The molecule has 1 heterocycles. The van der Waals surface area contributed by atoms with E-state index in [0.29, 0.717) is 0 Å². The van der Waals surface area contributed by atoms with E-state index >= 15 is 0 Å². The van der Waals surface area contributed by atoms with Gasteiger partial charge in [0.15, 0.2) is 0 Å². The van der Waals surface area contributed by atoms with Gasteiger partial charge in [0.2, 0.25) is 0 Å². The van der Waals surface area contributed by atoms with Crippen molar-refractivity contribution in [3.05, 3.63) is 59.7 Å². The number of benzene rings is 2. The third kappa shape index (κ3) is 2.24. The van der Waals surface area contributed by atoms with Crippen LogP contribution in [0.2, 0.25) is 0 Å². The SMILES string of the molecule is COc1ccccc1C(NN)C1Cc2ccccc2O1. The normalized spacial score (nSPS) is 18.2. The van der Waals surface area contributed by atoms with E-state index in [-0.39, 0.29) is 12.1 Å². The van der Waals surface area contributed by atoms with Crippen molar-refractivity contribution in [2.24, 2.45) is 5.84 Å². The number of para-hydroxylation sites is 2. The number of nitrogens with one attached hydrogen (secondary N) is 1. The number of nitrogens with two attached hydrogens (primary N) is 1. The first kappa shape index (κ1) is 13.0. The summed E-state index contributed by atoms with van der Waals surface area (Å²) in [4.78, 5) is 0. The zero-order valence-electron chi connectivity index (χ0n) is 11.4. The lowest BCUT2D eigenvalue weighted by Crippen LogP contribution is -2.39. The number of rotatable bonds is 4. The van der Waals surface area contributed by atoms with E-state index in [0.717, 1.165) is 23.5 Å². The van der Waals surface area contributed by atoms with Crippen LogP contribution in [-0.4, -0.2) is 13.2 Å². The fourth-order valence-corrected chi connectivity index (χ4v) is 2.72. The quantitative estimate of drug-likeness (QED) is 0.660. The van der Waals surface area contributed by atoms with Crippen molar-refractivity contribution in [2.75, 3.05) is 7.11 Å². The van der Waals surface area contributed by atoms with E-state index in [9.17, 15) is 0 Å². The summed E-state index contributed by atoms with van der Waals surface area (Å²) in [7, 11) is 1.66. The zero-order chi connectivity index (χ0) is 13.9. The highest BCUT2D eigenvalue weighted by Crippen LogP contribution is 2.36. The maximum atomic E-state index is 6.02. The van der Waals surface area contributed by atoms with Gasteiger partial charge in [-0.3, -0.25) is 5.84 Å². The number of hydrogen-bond donors (Lipinski definition) is 2. The monoisotopic (exact) mass is 270 g/mol. The zero-order valence-corrected chi connectivity index (χ0v) is 11.4. The summed E-state index contributed by atoms with van der Waals surface area (Å²) in [5.41, 5.74) is 5.09. The van der Waals surface area contributed by atoms with Crippen molar-refractivity contribution >= 4 is 0 Å². The molecular weight excluding hydrogens is 252 g/mol. The molecule has 2 unspecified atom stereocenters. The van der Waals surface area contributed by atoms with Crippen LogP contribution < -0.4 is 20.7 Å². The summed E-state index contributed by atoms with van der Waals surface area (Å²) >= 11 is 0. The van der Waals surface area contributed by atoms with Crippen LogP contribution in [-0.2, 0) is 6.42 Å². The molecule has 1 aliphatic rings. The Kier molecular flexibility index (Phi) is 3.58. The highest BCUT2D eigenvalue weighted by molar-refractivity contribution is 5.41. The van der Waals surface area contributed by atoms with Crippen molar-refractivity contribution < 1.29 is 9.47 Å². The first-order valence-electron chi connectivity index (χ1n) is 6.67. The molecule has 4 heteroatoms. The van der Waals surface area contributed by atoms with Gasteiger partial charge in [-0.05, 0) is 17.7 Å². The lowest BCUT2D eigenvalue weighted by Gasteiger charge is -2.24. The van der Waals surface area contributed by atoms with Gasteiger partial charge in [0.25, 0.3) is 0 Å². The predicted molar refractivity (Wildman–Crippen MR) is 77.6 cm³/mol. The first-order valence-corrected chi connectivity index (χ1v) is 6.67. The topological polar surface area (TPSA) is 56.5 Å². The minimum atomic E-state index is -0.112. The van der Waals surface area contributed by atoms with Gasteiger partial charge in [0.1, 0.15) is 17.6 Å². The van der Waals surface area contributed by atoms with Crippen LogP contribution in [0.15, 0.2) is 48.5 Å². The number of fused-ring (bicyclic) bond motifs is 1. The molecule has 2 aromatic rings. The van der Waals surface area contributed by atoms with Gasteiger partial charge >= 0.3 is 0 Å². The molecule has 104 valence electrons. The van der Waals surface area contributed by atoms with E-state index in [2.05, 4.69) is 11.5 Å². The van der Waals surface area contributed by atoms with Crippen LogP contribution in [0, 0.1) is 0 Å². The average Bonchev–Trinajstić information content (AvgIpc) is 2.92. The smallest absolute Gasteiger partial charge is 0.124 e. The van der Waals surface area contributed by atoms with Crippen LogP contribution in [0.4, 0.5) is 0 Å². The maximum absolute atomic E-state index is 6.02. The fraction of sp³-hybridized carbons (Fsp3) is 0.250. The molecule has 0 fully saturated rings. The number of methoxy groups -OCH3 is 1. The lowest BCUT2D eigenvalue weighted by molar-refractivity contribution is 0.177. The van der Waals surface area contributed by atoms with Crippen LogP contribution in [0.5, 0.6) is 11.5 Å². The van der Waals surface area contributed by atoms with Crippen LogP contribution in [0.1, 0.15) is 17.2 Å². The molecule has 4 nitrogen and oxygen atoms in total. The van der Waals surface area contributed by atoms with Crippen molar-refractivity contribution in [1.29, 1.82) is 0 Å². The first-order chi connectivity index (χ1) is 9.83. The summed E-state index contributed by atoms with van der Waals surface area (Å²) in [5, 5.41) is 0. The Morgan fingerprint density at radius 3 is 2.70 bits per heavy atom. The molecule has 3 rings (SSSR count). The van der Waals surface area contributed by atoms with Gasteiger partial charge in [0.05, 0.1) is 13.2 Å². The second-order valence-corrected chi connectivity index (χ2v) is 4.85. The molecule has 0 aliphatic carbocycles. The maximum Gasteiger partial charge on any atom is 0.124 e. The van der Waals surface area contributed by atoms with Crippen molar-refractivity contribution in [2.45, 2.75) is 18.6 Å². The molecule has 1 aliphatic heterocycles. The van der Waals surface area contributed by atoms with Crippen molar-refractivity contribution in [1.82, 2.24) is 5.43 Å². The van der Waals surface area contributed by atoms with Gasteiger partial charge in [-0.25, -0.2) is 5.43 Å². The second kappa shape index (κ2) is 5.53. The minimum Gasteiger partial charge on any atom is -0.496 e. The minimum absolute atomic E-state index is 0.0336. The van der Waals surface area contributed by atoms with Gasteiger partial charge in [-0.2, -0.15) is 0 Å². The molecule has 3 N–H and O–H groups in total. The molecule has 0 aromatic heterocycles. The Morgan fingerprint density at radius 1 is 1.20 bits per heavy atom. The molecule has 0 spiro atoms. The molecule has 2 aromatic carbocycles. The van der Waals surface area contributed by atoms with E-state index < -0.39 is 0 Å². The Labute approximate surface area is 118 Å². The standard InChI is InChI=1S/C16H18N2O2/c1-19-14-9-5-3-7-12(14)16(18-17)15-10-11-6-2-4-8-13(11)20-15/h2-9,15-16,18H,10,17H2,1H3. The van der Waals surface area contributed by atoms with E-state index in [1.54, 1.807) is 7.11 Å². The Hall–Kier alpha value is -2.04. The van der Waals surface area contributed by atoms with Crippen molar-refractivity contribution in [3.63, 3.8) is 0 Å². The largest absolute Gasteiger partial charge is 0.496 e. The summed E-state index contributed by atoms with van der Waals surface area (Å²) < 4.78 is 11.4. The third-order valence-corrected chi connectivity index (χ3v) is 3.70. The molecular formula is C16H18N2O2. The van der Waals surface area contributed by atoms with Gasteiger partial charge < -0.3 is 9.47 Å². The van der Waals surface area contributed by atoms with E-state index in [1.165, 1.54) is 5.56 Å². The summed E-state index contributed by atoms with van der Waals surface area (Å²) in [6.45, 7) is 0. The fourth-order valence-electron chi connectivity index (χ4n) is 2.72. The summed E-state index contributed by atoms with van der Waals surface area (Å²) in [6, 6.07) is 15.8. The lowest BCUT2D eigenvalue weighted by atomic mass is 9.97. The highest BCUT2D eigenvalue weighted by atomic mass is 16.5. The molecule has 0 bridgehead atoms. The molecule has 0 radical (unpaired) electrons. The van der Waals surface area contributed by atoms with Crippen LogP contribution in [0.25, 0.3) is 0 Å². The van der Waals surface area contributed by atoms with Gasteiger partial charge in [-0.15, -0.1) is 0 Å². The number of ether oxygens (including phenoxy) is 2. The Morgan fingerprint density at radius 2 is 1.95 bits per heavy atom. The number of hydrogen-bond acceptors (Lipinski definition) is 4. The third-order valence-electron chi connectivity index (χ3n) is 3.70. The van der Waals surface area contributed by atoms with Crippen LogP contribution in [0.3, 0.4) is 0 Å². The average molecular weight is 270 g/mol. The van der Waals surface area contributed by atoms with Gasteiger partial charge in [-0.1, -0.05) is 36.4 Å². The Balaban J connectivity index is 1.89. The molecule has 0 amide bonds. The molecule has 0 saturated carbocycles. The van der Waals surface area contributed by atoms with Crippen LogP contribution >= 0.6 is 0 Å². The molecule has 0 saturated heterocycles. The van der Waals surface area contributed by atoms with E-state index in [1.807, 2.05) is 42.5 Å². The summed E-state index contributed by atoms with van der Waals surface area (Å²) in [6.07, 6.45) is 0.803. The molecule has 2 atom stereocenters. The van der Waals surface area contributed by atoms with Gasteiger partial charge in [0, 0.05) is 12.0 Å². The number of hydrazine groups is 1. The van der Waals surface area contributed by atoms with E-state index in [4.69, 9.17) is 15.3 Å². The molecule has 20 heavy (non-hydrogen) atoms. The highest BCUT2D eigenvalue weighted by Gasteiger charge is 2.32. The van der Waals surface area contributed by atoms with Crippen molar-refractivity contribution in [3.8, 4) is 11.5 Å².